The Labute approximate surface area is 144 Å². The van der Waals surface area contributed by atoms with Crippen LogP contribution in [0.25, 0.3) is 22.3 Å². The molecule has 3 aromatic heterocycles. The lowest BCUT2D eigenvalue weighted by Crippen LogP contribution is -2.29. The maximum absolute atomic E-state index is 12.2. The highest BCUT2D eigenvalue weighted by Gasteiger charge is 2.19. The van der Waals surface area contributed by atoms with E-state index in [-0.39, 0.29) is 0 Å². The topological polar surface area (TPSA) is 98.7 Å². The van der Waals surface area contributed by atoms with E-state index in [9.17, 15) is 9.59 Å². The molecule has 0 bridgehead atoms. The highest BCUT2D eigenvalue weighted by atomic mass is 32.2. The second kappa shape index (κ2) is 5.78. The monoisotopic (exact) mass is 355 g/mol. The van der Waals surface area contributed by atoms with Crippen LogP contribution in [-0.4, -0.2) is 24.1 Å². The van der Waals surface area contributed by atoms with Crippen LogP contribution < -0.4 is 11.2 Å². The summed E-state index contributed by atoms with van der Waals surface area (Å²) in [5.74, 6) is 0. The van der Waals surface area contributed by atoms with Gasteiger partial charge in [0.15, 0.2) is 21.9 Å². The number of imidazole rings is 1. The first kappa shape index (κ1) is 15.5. The summed E-state index contributed by atoms with van der Waals surface area (Å²) in [6.07, 6.45) is 1.65. The Morgan fingerprint density at radius 3 is 2.88 bits per heavy atom. The molecule has 4 rings (SSSR count). The van der Waals surface area contributed by atoms with Gasteiger partial charge in [-0.05, 0) is 12.1 Å². The van der Waals surface area contributed by atoms with Crippen LogP contribution in [0.2, 0.25) is 0 Å². The molecule has 0 unspecified atom stereocenters. The number of aromatic amines is 1. The van der Waals surface area contributed by atoms with Crippen molar-refractivity contribution in [3.05, 3.63) is 57.8 Å². The molecular formula is C16H13N5O3S. The van der Waals surface area contributed by atoms with Crippen LogP contribution >= 0.6 is 11.8 Å². The number of aromatic nitrogens is 5. The van der Waals surface area contributed by atoms with Crippen molar-refractivity contribution in [3.8, 4) is 0 Å². The average molecular weight is 355 g/mol. The molecule has 126 valence electrons. The van der Waals surface area contributed by atoms with E-state index in [1.54, 1.807) is 17.7 Å². The standard InChI is InChI=1S/C16H13N5O3S/c1-3-8-21-11-12(20(2)14(23)19-13(11)22)18-15(21)25-16-17-9-6-4-5-7-10(9)24-16/h3-7H,1,8H2,2H3,(H,19,22,23). The fourth-order valence-electron chi connectivity index (χ4n) is 2.56. The largest absolute Gasteiger partial charge is 0.431 e. The fourth-order valence-corrected chi connectivity index (χ4v) is 3.40. The predicted molar refractivity (Wildman–Crippen MR) is 93.9 cm³/mol. The van der Waals surface area contributed by atoms with Gasteiger partial charge in [-0.3, -0.25) is 14.3 Å². The lowest BCUT2D eigenvalue weighted by atomic mass is 10.3. The third kappa shape index (κ3) is 2.49. The number of oxazole rings is 1. The molecule has 9 heteroatoms. The van der Waals surface area contributed by atoms with Crippen LogP contribution in [0, 0.1) is 0 Å². The van der Waals surface area contributed by atoms with Crippen LogP contribution in [0.1, 0.15) is 0 Å². The van der Waals surface area contributed by atoms with E-state index in [0.717, 1.165) is 5.52 Å². The van der Waals surface area contributed by atoms with Crippen molar-refractivity contribution < 1.29 is 4.42 Å². The first-order valence-corrected chi connectivity index (χ1v) is 8.24. The summed E-state index contributed by atoms with van der Waals surface area (Å²) in [5.41, 5.74) is 1.01. The smallest absolute Gasteiger partial charge is 0.329 e. The Morgan fingerprint density at radius 2 is 2.12 bits per heavy atom. The Morgan fingerprint density at radius 1 is 1.32 bits per heavy atom. The molecule has 0 spiro atoms. The van der Waals surface area contributed by atoms with Crippen molar-refractivity contribution >= 4 is 34.0 Å². The molecule has 0 atom stereocenters. The summed E-state index contributed by atoms with van der Waals surface area (Å²) in [5, 5.41) is 0.899. The van der Waals surface area contributed by atoms with Gasteiger partial charge in [0.05, 0.1) is 0 Å². The molecule has 0 saturated heterocycles. The third-order valence-electron chi connectivity index (χ3n) is 3.74. The van der Waals surface area contributed by atoms with Crippen molar-refractivity contribution in [3.63, 3.8) is 0 Å². The van der Waals surface area contributed by atoms with E-state index in [4.69, 9.17) is 4.42 Å². The molecule has 0 amide bonds. The molecule has 0 saturated carbocycles. The Kier molecular flexibility index (Phi) is 3.57. The van der Waals surface area contributed by atoms with Crippen LogP contribution in [0.4, 0.5) is 0 Å². The zero-order valence-electron chi connectivity index (χ0n) is 13.2. The number of nitrogens with one attached hydrogen (secondary N) is 1. The third-order valence-corrected chi connectivity index (χ3v) is 4.58. The van der Waals surface area contributed by atoms with Crippen LogP contribution in [0.3, 0.4) is 0 Å². The Balaban J connectivity index is 1.91. The molecule has 0 fully saturated rings. The molecular weight excluding hydrogens is 342 g/mol. The summed E-state index contributed by atoms with van der Waals surface area (Å²) >= 11 is 1.19. The normalized spacial score (nSPS) is 11.4. The van der Waals surface area contributed by atoms with E-state index in [2.05, 4.69) is 21.5 Å². The second-order valence-corrected chi connectivity index (χ2v) is 6.25. The minimum absolute atomic E-state index is 0.300. The summed E-state index contributed by atoms with van der Waals surface area (Å²) in [4.78, 5) is 35.2. The molecule has 0 aliphatic rings. The van der Waals surface area contributed by atoms with Crippen molar-refractivity contribution in [1.29, 1.82) is 0 Å². The fraction of sp³-hybridized carbons (Fsp3) is 0.125. The van der Waals surface area contributed by atoms with E-state index < -0.39 is 11.2 Å². The minimum Gasteiger partial charge on any atom is -0.431 e. The number of aryl methyl sites for hydroxylation is 1. The Hall–Kier alpha value is -3.07. The molecule has 3 heterocycles. The molecule has 0 radical (unpaired) electrons. The summed E-state index contributed by atoms with van der Waals surface area (Å²) in [6.45, 7) is 4.08. The number of allylic oxidation sites excluding steroid dienone is 1. The summed E-state index contributed by atoms with van der Waals surface area (Å²) in [7, 11) is 1.56. The van der Waals surface area contributed by atoms with Crippen molar-refractivity contribution in [2.75, 3.05) is 0 Å². The molecule has 4 aromatic rings. The first-order chi connectivity index (χ1) is 12.1. The number of H-pyrrole nitrogens is 1. The van der Waals surface area contributed by atoms with Gasteiger partial charge >= 0.3 is 5.69 Å². The lowest BCUT2D eigenvalue weighted by molar-refractivity contribution is 0.488. The van der Waals surface area contributed by atoms with E-state index >= 15 is 0 Å². The molecule has 0 aliphatic heterocycles. The van der Waals surface area contributed by atoms with E-state index in [1.807, 2.05) is 24.3 Å². The molecule has 1 N–H and O–H groups in total. The number of hydrogen-bond acceptors (Lipinski definition) is 6. The van der Waals surface area contributed by atoms with E-state index in [1.165, 1.54) is 16.3 Å². The van der Waals surface area contributed by atoms with Crippen LogP contribution in [0.15, 0.2) is 61.3 Å². The lowest BCUT2D eigenvalue weighted by Gasteiger charge is -2.03. The Bertz CT molecular complexity index is 1200. The zero-order valence-corrected chi connectivity index (χ0v) is 14.0. The van der Waals surface area contributed by atoms with Crippen LogP contribution in [-0.2, 0) is 13.6 Å². The van der Waals surface area contributed by atoms with Gasteiger partial charge in [-0.2, -0.15) is 0 Å². The van der Waals surface area contributed by atoms with Gasteiger partial charge in [0.2, 0.25) is 0 Å². The van der Waals surface area contributed by atoms with Crippen molar-refractivity contribution in [2.24, 2.45) is 7.05 Å². The molecule has 0 aliphatic carbocycles. The zero-order chi connectivity index (χ0) is 17.6. The number of fused-ring (bicyclic) bond motifs is 2. The second-order valence-electron chi connectivity index (χ2n) is 5.33. The van der Waals surface area contributed by atoms with E-state index in [0.29, 0.717) is 33.7 Å². The van der Waals surface area contributed by atoms with Gasteiger partial charge in [-0.15, -0.1) is 6.58 Å². The summed E-state index contributed by atoms with van der Waals surface area (Å²) in [6, 6.07) is 7.42. The number of hydrogen-bond donors (Lipinski definition) is 1. The molecule has 25 heavy (non-hydrogen) atoms. The predicted octanol–water partition coefficient (Wildman–Crippen LogP) is 1.90. The van der Waals surface area contributed by atoms with Gasteiger partial charge in [-0.1, -0.05) is 18.2 Å². The molecule has 8 nitrogen and oxygen atoms in total. The highest BCUT2D eigenvalue weighted by molar-refractivity contribution is 7.99. The van der Waals surface area contributed by atoms with Gasteiger partial charge in [0.1, 0.15) is 5.52 Å². The van der Waals surface area contributed by atoms with Gasteiger partial charge < -0.3 is 8.98 Å². The maximum atomic E-state index is 12.2. The quantitative estimate of drug-likeness (QED) is 0.562. The SMILES string of the molecule is C=CCn1c(Sc2nc3ccccc3o2)nc2c1c(=O)[nH]c(=O)n2C. The highest BCUT2D eigenvalue weighted by Crippen LogP contribution is 2.30. The molecule has 1 aromatic carbocycles. The average Bonchev–Trinajstić information content (AvgIpc) is 3.15. The number of nitrogens with zero attached hydrogens (tertiary/aromatic N) is 4. The maximum Gasteiger partial charge on any atom is 0.329 e. The number of rotatable bonds is 4. The van der Waals surface area contributed by atoms with Gasteiger partial charge in [-0.25, -0.2) is 14.8 Å². The summed E-state index contributed by atoms with van der Waals surface area (Å²) < 4.78 is 8.68. The van der Waals surface area contributed by atoms with Gasteiger partial charge in [0.25, 0.3) is 10.8 Å². The first-order valence-electron chi connectivity index (χ1n) is 7.42. The minimum atomic E-state index is -0.515. The van der Waals surface area contributed by atoms with Crippen molar-refractivity contribution in [2.45, 2.75) is 16.9 Å². The number of para-hydroxylation sites is 2. The van der Waals surface area contributed by atoms with Gasteiger partial charge in [0, 0.05) is 25.4 Å². The van der Waals surface area contributed by atoms with Crippen molar-refractivity contribution in [1.82, 2.24) is 24.1 Å². The number of benzene rings is 1. The van der Waals surface area contributed by atoms with Crippen LogP contribution in [0.5, 0.6) is 0 Å².